The fourth-order valence-corrected chi connectivity index (χ4v) is 4.04. The smallest absolute Gasteiger partial charge is 0.209 e. The second kappa shape index (κ2) is 6.37. The lowest BCUT2D eigenvalue weighted by molar-refractivity contribution is 0.352. The van der Waals surface area contributed by atoms with E-state index in [4.69, 9.17) is 0 Å². The highest BCUT2D eigenvalue weighted by Gasteiger charge is 2.23. The molecule has 1 rings (SSSR count). The van der Waals surface area contributed by atoms with E-state index < -0.39 is 15.6 Å². The van der Waals surface area contributed by atoms with Crippen molar-refractivity contribution >= 4 is 10.0 Å². The normalized spacial score (nSPS) is 25.2. The molecule has 0 spiro atoms. The Morgan fingerprint density at radius 1 is 1.42 bits per heavy atom. The van der Waals surface area contributed by atoms with Gasteiger partial charge in [0.25, 0.3) is 0 Å². The zero-order valence-electron chi connectivity index (χ0n) is 12.8. The zero-order chi connectivity index (χ0) is 14.7. The number of allylic oxidation sites excluding steroid dienone is 2. The molecule has 4 nitrogen and oxygen atoms in total. The molecule has 0 heterocycles. The Balaban J connectivity index is 2.36. The maximum atomic E-state index is 11.3. The molecule has 0 radical (unpaired) electrons. The van der Waals surface area contributed by atoms with Gasteiger partial charge >= 0.3 is 0 Å². The quantitative estimate of drug-likeness (QED) is 0.734. The van der Waals surface area contributed by atoms with Gasteiger partial charge in [0.05, 0.1) is 6.26 Å². The number of rotatable bonds is 6. The van der Waals surface area contributed by atoms with E-state index in [0.717, 1.165) is 13.0 Å². The first-order valence-corrected chi connectivity index (χ1v) is 8.83. The molecule has 2 N–H and O–H groups in total. The van der Waals surface area contributed by atoms with Gasteiger partial charge in [-0.05, 0) is 52.0 Å². The van der Waals surface area contributed by atoms with E-state index in [2.05, 4.69) is 30.0 Å². The van der Waals surface area contributed by atoms with Crippen LogP contribution in [0, 0.1) is 11.8 Å². The second-order valence-corrected chi connectivity index (χ2v) is 8.43. The maximum Gasteiger partial charge on any atom is 0.209 e. The van der Waals surface area contributed by atoms with Crippen LogP contribution in [0.4, 0.5) is 0 Å². The third-order valence-corrected chi connectivity index (χ3v) is 4.27. The van der Waals surface area contributed by atoms with Crippen molar-refractivity contribution in [1.29, 1.82) is 0 Å². The Hall–Kier alpha value is -0.390. The van der Waals surface area contributed by atoms with Crippen molar-refractivity contribution in [2.24, 2.45) is 11.8 Å². The van der Waals surface area contributed by atoms with Crippen LogP contribution in [0.1, 0.15) is 40.5 Å². The molecule has 0 aromatic carbocycles. The highest BCUT2D eigenvalue weighted by atomic mass is 32.2. The monoisotopic (exact) mass is 288 g/mol. The first-order valence-electron chi connectivity index (χ1n) is 6.94. The van der Waals surface area contributed by atoms with E-state index in [1.54, 1.807) is 0 Å². The van der Waals surface area contributed by atoms with Crippen molar-refractivity contribution < 1.29 is 8.42 Å². The predicted octanol–water partition coefficient (Wildman–Crippen LogP) is 1.90. The van der Waals surface area contributed by atoms with Crippen LogP contribution in [-0.2, 0) is 10.0 Å². The van der Waals surface area contributed by atoms with E-state index in [1.807, 2.05) is 13.8 Å². The maximum absolute atomic E-state index is 11.3. The Morgan fingerprint density at radius 3 is 2.58 bits per heavy atom. The molecule has 0 aromatic rings. The summed E-state index contributed by atoms with van der Waals surface area (Å²) in [5.74, 6) is 1.32. The van der Waals surface area contributed by atoms with Crippen molar-refractivity contribution in [3.05, 3.63) is 11.6 Å². The summed E-state index contributed by atoms with van der Waals surface area (Å²) in [6.07, 6.45) is 5.92. The zero-order valence-corrected chi connectivity index (χ0v) is 13.6. The van der Waals surface area contributed by atoms with Crippen LogP contribution in [0.5, 0.6) is 0 Å². The van der Waals surface area contributed by atoms with Gasteiger partial charge in [-0.15, -0.1) is 0 Å². The van der Waals surface area contributed by atoms with Crippen LogP contribution >= 0.6 is 0 Å². The molecule has 1 aliphatic carbocycles. The van der Waals surface area contributed by atoms with Crippen LogP contribution in [0.15, 0.2) is 11.6 Å². The largest absolute Gasteiger partial charge is 0.315 e. The SMILES string of the molecule is CC1=CC(C)CC(CNCC(C)(C)NS(C)(=O)=O)C1. The molecule has 5 heteroatoms. The summed E-state index contributed by atoms with van der Waals surface area (Å²) in [6, 6.07) is 0. The molecule has 112 valence electrons. The van der Waals surface area contributed by atoms with Crippen molar-refractivity contribution in [2.75, 3.05) is 19.3 Å². The highest BCUT2D eigenvalue weighted by Crippen LogP contribution is 2.27. The van der Waals surface area contributed by atoms with Crippen LogP contribution in [0.25, 0.3) is 0 Å². The fourth-order valence-electron chi connectivity index (χ4n) is 2.97. The van der Waals surface area contributed by atoms with Gasteiger partial charge in [-0.2, -0.15) is 0 Å². The van der Waals surface area contributed by atoms with Crippen molar-refractivity contribution in [1.82, 2.24) is 10.0 Å². The summed E-state index contributed by atoms with van der Waals surface area (Å²) in [7, 11) is -3.15. The van der Waals surface area contributed by atoms with Gasteiger partial charge in [-0.3, -0.25) is 0 Å². The molecule has 0 amide bonds. The fraction of sp³-hybridized carbons (Fsp3) is 0.857. The Morgan fingerprint density at radius 2 is 2.05 bits per heavy atom. The minimum Gasteiger partial charge on any atom is -0.315 e. The highest BCUT2D eigenvalue weighted by molar-refractivity contribution is 7.88. The van der Waals surface area contributed by atoms with E-state index in [1.165, 1.54) is 18.2 Å². The van der Waals surface area contributed by atoms with Crippen LogP contribution in [0.3, 0.4) is 0 Å². The van der Waals surface area contributed by atoms with Gasteiger partial charge in [0.1, 0.15) is 0 Å². The Kier molecular flexibility index (Phi) is 5.59. The van der Waals surface area contributed by atoms with Gasteiger partial charge < -0.3 is 5.32 Å². The average molecular weight is 288 g/mol. The first-order chi connectivity index (χ1) is 8.57. The van der Waals surface area contributed by atoms with Gasteiger partial charge in [-0.25, -0.2) is 13.1 Å². The van der Waals surface area contributed by atoms with E-state index in [-0.39, 0.29) is 0 Å². The lowest BCUT2D eigenvalue weighted by Crippen LogP contribution is -2.50. The first kappa shape index (κ1) is 16.7. The van der Waals surface area contributed by atoms with Gasteiger partial charge in [0.2, 0.25) is 10.0 Å². The molecule has 2 atom stereocenters. The number of sulfonamides is 1. The molecule has 2 unspecified atom stereocenters. The summed E-state index contributed by atoms with van der Waals surface area (Å²) >= 11 is 0. The number of nitrogens with one attached hydrogen (secondary N) is 2. The number of hydrogen-bond acceptors (Lipinski definition) is 3. The van der Waals surface area contributed by atoms with Crippen molar-refractivity contribution in [3.63, 3.8) is 0 Å². The Bertz CT molecular complexity index is 427. The summed E-state index contributed by atoms with van der Waals surface area (Å²) in [4.78, 5) is 0. The molecule has 19 heavy (non-hydrogen) atoms. The molecule has 0 saturated carbocycles. The minimum atomic E-state index is -3.15. The standard InChI is InChI=1S/C14H28N2O2S/c1-11-6-12(2)8-13(7-11)9-15-10-14(3,4)16-19(5,17)18/h6,11,13,15-16H,7-10H2,1-5H3. The third kappa shape index (κ3) is 7.09. The second-order valence-electron chi connectivity index (χ2n) is 6.69. The number of hydrogen-bond donors (Lipinski definition) is 2. The molecule has 0 aromatic heterocycles. The molecule has 0 fully saturated rings. The van der Waals surface area contributed by atoms with Crippen LogP contribution < -0.4 is 10.0 Å². The lowest BCUT2D eigenvalue weighted by Gasteiger charge is -2.29. The van der Waals surface area contributed by atoms with Crippen molar-refractivity contribution in [3.8, 4) is 0 Å². The lowest BCUT2D eigenvalue weighted by atomic mass is 9.83. The predicted molar refractivity (Wildman–Crippen MR) is 80.6 cm³/mol. The molecular weight excluding hydrogens is 260 g/mol. The molecule has 0 aliphatic heterocycles. The van der Waals surface area contributed by atoms with Crippen LogP contribution in [-0.4, -0.2) is 33.3 Å². The topological polar surface area (TPSA) is 58.2 Å². The summed E-state index contributed by atoms with van der Waals surface area (Å²) in [5.41, 5.74) is 1.03. The van der Waals surface area contributed by atoms with Gasteiger partial charge in [0, 0.05) is 12.1 Å². The van der Waals surface area contributed by atoms with Gasteiger partial charge in [0.15, 0.2) is 0 Å². The minimum absolute atomic E-state index is 0.446. The molecule has 0 saturated heterocycles. The Labute approximate surface area is 118 Å². The summed E-state index contributed by atoms with van der Waals surface area (Å²) < 4.78 is 25.2. The van der Waals surface area contributed by atoms with E-state index in [0.29, 0.717) is 18.4 Å². The van der Waals surface area contributed by atoms with Crippen molar-refractivity contribution in [2.45, 2.75) is 46.1 Å². The van der Waals surface area contributed by atoms with Crippen LogP contribution in [0.2, 0.25) is 0 Å². The average Bonchev–Trinajstić information content (AvgIpc) is 2.10. The summed E-state index contributed by atoms with van der Waals surface area (Å²) in [5, 5.41) is 3.40. The molecular formula is C14H28N2O2S. The van der Waals surface area contributed by atoms with E-state index >= 15 is 0 Å². The summed E-state index contributed by atoms with van der Waals surface area (Å²) in [6.45, 7) is 9.84. The molecule has 0 bridgehead atoms. The van der Waals surface area contributed by atoms with Gasteiger partial charge in [-0.1, -0.05) is 18.6 Å². The van der Waals surface area contributed by atoms with E-state index in [9.17, 15) is 8.42 Å². The third-order valence-electron chi connectivity index (χ3n) is 3.35. The molecule has 1 aliphatic rings.